The molecule has 0 radical (unpaired) electrons. The van der Waals surface area contributed by atoms with Crippen molar-refractivity contribution in [2.75, 3.05) is 13.1 Å². The van der Waals surface area contributed by atoms with Crippen LogP contribution in [0.5, 0.6) is 11.5 Å². The van der Waals surface area contributed by atoms with Gasteiger partial charge < -0.3 is 9.84 Å². The molecular weight excluding hydrogens is 470 g/mol. The van der Waals surface area contributed by atoms with Gasteiger partial charge in [0.1, 0.15) is 22.8 Å². The highest BCUT2D eigenvalue weighted by Gasteiger charge is 2.32. The summed E-state index contributed by atoms with van der Waals surface area (Å²) in [5, 5.41) is 10.8. The number of ether oxygens (including phenoxy) is 1. The summed E-state index contributed by atoms with van der Waals surface area (Å²) in [5.74, 6) is 0.400. The molecule has 0 saturated carbocycles. The largest absolute Gasteiger partial charge is 0.481 e. The summed E-state index contributed by atoms with van der Waals surface area (Å²) in [4.78, 5) is 19.1. The Kier molecular flexibility index (Phi) is 6.41. The second-order valence-corrected chi connectivity index (χ2v) is 9.87. The molecule has 3 heterocycles. The summed E-state index contributed by atoms with van der Waals surface area (Å²) >= 11 is 7.92. The predicted octanol–water partition coefficient (Wildman–Crippen LogP) is 6.13. The highest BCUT2D eigenvalue weighted by Crippen LogP contribution is 2.33. The van der Waals surface area contributed by atoms with Crippen molar-refractivity contribution in [2.24, 2.45) is 5.92 Å². The van der Waals surface area contributed by atoms with Crippen molar-refractivity contribution in [3.63, 3.8) is 0 Å². The van der Waals surface area contributed by atoms with E-state index in [0.717, 1.165) is 29.2 Å². The number of para-hydroxylation sites is 1. The van der Waals surface area contributed by atoms with Gasteiger partial charge in [-0.3, -0.25) is 14.3 Å². The van der Waals surface area contributed by atoms with Crippen LogP contribution in [0.3, 0.4) is 0 Å². The summed E-state index contributed by atoms with van der Waals surface area (Å²) in [6.45, 7) is 4.18. The van der Waals surface area contributed by atoms with Crippen molar-refractivity contribution < 1.29 is 14.6 Å². The number of imidazole rings is 1. The van der Waals surface area contributed by atoms with E-state index in [0.29, 0.717) is 29.6 Å². The number of carboxylic acid groups (broad SMARTS) is 1. The molecule has 0 spiro atoms. The highest BCUT2D eigenvalue weighted by atomic mass is 35.5. The fraction of sp³-hybridized carbons (Fsp3) is 0.231. The number of rotatable bonds is 8. The molecule has 1 saturated heterocycles. The minimum atomic E-state index is -0.702. The van der Waals surface area contributed by atoms with Crippen molar-refractivity contribution in [1.82, 2.24) is 14.5 Å². The van der Waals surface area contributed by atoms with Crippen LogP contribution in [0.25, 0.3) is 16.3 Å². The molecule has 1 aliphatic heterocycles. The zero-order valence-electron chi connectivity index (χ0n) is 18.6. The van der Waals surface area contributed by atoms with Gasteiger partial charge in [0.2, 0.25) is 0 Å². The van der Waals surface area contributed by atoms with Gasteiger partial charge in [-0.2, -0.15) is 0 Å². The lowest BCUT2D eigenvalue weighted by Gasteiger charge is -2.36. The molecule has 174 valence electrons. The Morgan fingerprint density at radius 3 is 2.68 bits per heavy atom. The number of hydrogen-bond acceptors (Lipinski definition) is 5. The van der Waals surface area contributed by atoms with E-state index in [1.807, 2.05) is 55.0 Å². The summed E-state index contributed by atoms with van der Waals surface area (Å²) in [6, 6.07) is 17.4. The van der Waals surface area contributed by atoms with Crippen molar-refractivity contribution in [2.45, 2.75) is 19.9 Å². The molecule has 34 heavy (non-hydrogen) atoms. The average Bonchev–Trinajstić information content (AvgIpc) is 3.45. The molecule has 5 rings (SSSR count). The van der Waals surface area contributed by atoms with E-state index < -0.39 is 5.97 Å². The summed E-state index contributed by atoms with van der Waals surface area (Å²) < 4.78 is 7.96. The lowest BCUT2D eigenvalue weighted by molar-refractivity contribution is -0.147. The van der Waals surface area contributed by atoms with E-state index in [-0.39, 0.29) is 5.92 Å². The predicted molar refractivity (Wildman–Crippen MR) is 134 cm³/mol. The quantitative estimate of drug-likeness (QED) is 0.320. The van der Waals surface area contributed by atoms with Crippen molar-refractivity contribution in [1.29, 1.82) is 0 Å². The first kappa shape index (κ1) is 22.7. The second kappa shape index (κ2) is 9.62. The van der Waals surface area contributed by atoms with Gasteiger partial charge in [0.15, 0.2) is 0 Å². The van der Waals surface area contributed by atoms with Gasteiger partial charge in [-0.1, -0.05) is 30.7 Å². The first-order valence-electron chi connectivity index (χ1n) is 11.1. The number of halogens is 1. The number of thiophene rings is 1. The van der Waals surface area contributed by atoms with E-state index in [9.17, 15) is 4.79 Å². The molecule has 2 aromatic carbocycles. The summed E-state index contributed by atoms with van der Waals surface area (Å²) in [6.07, 6.45) is 4.82. The lowest BCUT2D eigenvalue weighted by Crippen LogP contribution is -2.49. The molecule has 0 amide bonds. The first-order chi connectivity index (χ1) is 16.5. The molecule has 1 N–H and O–H groups in total. The Morgan fingerprint density at radius 2 is 1.97 bits per heavy atom. The Hall–Kier alpha value is -3.13. The maximum Gasteiger partial charge on any atom is 0.309 e. The van der Waals surface area contributed by atoms with E-state index >= 15 is 0 Å². The third-order valence-electron chi connectivity index (χ3n) is 5.94. The van der Waals surface area contributed by atoms with Crippen LogP contribution in [0.1, 0.15) is 17.4 Å². The van der Waals surface area contributed by atoms with Crippen LogP contribution in [0, 0.1) is 5.92 Å². The van der Waals surface area contributed by atoms with Gasteiger partial charge in [-0.15, -0.1) is 11.3 Å². The molecule has 8 heteroatoms. The van der Waals surface area contributed by atoms with Gasteiger partial charge in [0, 0.05) is 36.3 Å². The number of carbonyl (C=O) groups is 1. The van der Waals surface area contributed by atoms with Crippen LogP contribution in [0.2, 0.25) is 5.02 Å². The van der Waals surface area contributed by atoms with Crippen LogP contribution in [-0.2, 0) is 17.8 Å². The highest BCUT2D eigenvalue weighted by molar-refractivity contribution is 7.14. The number of nitrogens with zero attached hydrogens (tertiary/aromatic N) is 3. The third-order valence-corrected chi connectivity index (χ3v) is 7.42. The normalized spacial score (nSPS) is 14.2. The monoisotopic (exact) mass is 493 g/mol. The zero-order chi connectivity index (χ0) is 23.7. The minimum absolute atomic E-state index is 0.234. The van der Waals surface area contributed by atoms with Gasteiger partial charge in [-0.05, 0) is 54.4 Å². The number of benzene rings is 2. The van der Waals surface area contributed by atoms with Gasteiger partial charge >= 0.3 is 5.97 Å². The molecule has 0 aliphatic carbocycles. The maximum atomic E-state index is 11.1. The molecule has 1 aliphatic rings. The standard InChI is InChI=1S/C26H24ClN3O3S/c1-2-17-11-21(14-29-12-19(13-29)26(31)32)34-25(17)30-15-23(28-16-30)18-7-9-20(10-8-18)33-24-6-4-3-5-22(24)27/h3-11,15-16,19H,2,12-14H2,1H3,(H,31,32). The van der Waals surface area contributed by atoms with Gasteiger partial charge in [-0.25, -0.2) is 4.98 Å². The molecule has 0 bridgehead atoms. The number of aryl methyl sites for hydroxylation is 1. The number of hydrogen-bond donors (Lipinski definition) is 1. The molecule has 6 nitrogen and oxygen atoms in total. The average molecular weight is 494 g/mol. The van der Waals surface area contributed by atoms with E-state index in [1.54, 1.807) is 17.4 Å². The molecular formula is C26H24ClN3O3S. The number of likely N-dealkylation sites (tertiary alicyclic amines) is 1. The van der Waals surface area contributed by atoms with Crippen LogP contribution in [0.4, 0.5) is 0 Å². The maximum absolute atomic E-state index is 11.1. The van der Waals surface area contributed by atoms with Gasteiger partial charge in [0.05, 0.1) is 16.6 Å². The molecule has 0 atom stereocenters. The minimum Gasteiger partial charge on any atom is -0.481 e. The Morgan fingerprint density at radius 1 is 1.21 bits per heavy atom. The molecule has 4 aromatic rings. The van der Waals surface area contributed by atoms with E-state index in [1.165, 1.54) is 10.4 Å². The number of aliphatic carboxylic acids is 1. The molecule has 1 fully saturated rings. The first-order valence-corrected chi connectivity index (χ1v) is 12.3. The Balaban J connectivity index is 1.29. The SMILES string of the molecule is CCc1cc(CN2CC(C(=O)O)C2)sc1-n1cnc(-c2ccc(Oc3ccccc3Cl)cc2)c1. The van der Waals surface area contributed by atoms with Crippen molar-refractivity contribution in [3.8, 4) is 27.8 Å². The van der Waals surface area contributed by atoms with Gasteiger partial charge in [0.25, 0.3) is 0 Å². The summed E-state index contributed by atoms with van der Waals surface area (Å²) in [7, 11) is 0. The number of aromatic nitrogens is 2. The number of carboxylic acids is 1. The van der Waals surface area contributed by atoms with Crippen molar-refractivity contribution >= 4 is 28.9 Å². The van der Waals surface area contributed by atoms with Crippen LogP contribution in [-0.4, -0.2) is 38.6 Å². The van der Waals surface area contributed by atoms with Crippen molar-refractivity contribution in [3.05, 3.63) is 82.6 Å². The Bertz CT molecular complexity index is 1310. The molecule has 0 unspecified atom stereocenters. The lowest BCUT2D eigenvalue weighted by atomic mass is 10.0. The smallest absolute Gasteiger partial charge is 0.309 e. The van der Waals surface area contributed by atoms with E-state index in [4.69, 9.17) is 21.4 Å². The third kappa shape index (κ3) is 4.73. The van der Waals surface area contributed by atoms with Crippen LogP contribution < -0.4 is 4.74 Å². The van der Waals surface area contributed by atoms with Crippen LogP contribution in [0.15, 0.2) is 67.1 Å². The fourth-order valence-electron chi connectivity index (χ4n) is 4.03. The second-order valence-electron chi connectivity index (χ2n) is 8.35. The fourth-order valence-corrected chi connectivity index (χ4v) is 5.44. The van der Waals surface area contributed by atoms with E-state index in [2.05, 4.69) is 27.4 Å². The Labute approximate surface area is 207 Å². The van der Waals surface area contributed by atoms with Crippen LogP contribution >= 0.6 is 22.9 Å². The zero-order valence-corrected chi connectivity index (χ0v) is 20.2. The topological polar surface area (TPSA) is 67.6 Å². The molecule has 2 aromatic heterocycles. The summed E-state index contributed by atoms with van der Waals surface area (Å²) in [5.41, 5.74) is 3.15.